The summed E-state index contributed by atoms with van der Waals surface area (Å²) in [5, 5.41) is 6.90. The number of carbonyl (C=O) groups excluding carboxylic acids is 2. The SMILES string of the molecule is COCc1noc(N2CCC(N(C(=O)c3cnc(N4CC(NC(=O)OC(C)(C)C)C(c5cc(C)ccc5F)C4)nc3)C3CC3)CC2)n1. The van der Waals surface area contributed by atoms with Gasteiger partial charge in [0.2, 0.25) is 5.95 Å². The van der Waals surface area contributed by atoms with Crippen molar-refractivity contribution in [3.05, 3.63) is 58.9 Å². The maximum absolute atomic E-state index is 15.1. The van der Waals surface area contributed by atoms with Gasteiger partial charge in [0.25, 0.3) is 5.91 Å². The summed E-state index contributed by atoms with van der Waals surface area (Å²) in [6.45, 7) is 9.71. The number of methoxy groups -OCH3 is 1. The minimum atomic E-state index is -0.675. The highest BCUT2D eigenvalue weighted by atomic mass is 19.1. The van der Waals surface area contributed by atoms with E-state index in [1.807, 2.05) is 27.7 Å². The average Bonchev–Trinajstić information content (AvgIpc) is 3.60. The topological polar surface area (TPSA) is 139 Å². The van der Waals surface area contributed by atoms with Crippen LogP contribution in [0.4, 0.5) is 21.1 Å². The summed E-state index contributed by atoms with van der Waals surface area (Å²) >= 11 is 0. The van der Waals surface area contributed by atoms with E-state index in [4.69, 9.17) is 14.0 Å². The fourth-order valence-electron chi connectivity index (χ4n) is 6.46. The molecule has 47 heavy (non-hydrogen) atoms. The zero-order valence-corrected chi connectivity index (χ0v) is 27.6. The molecule has 3 aromatic rings. The monoisotopic (exact) mass is 650 g/mol. The number of ether oxygens (including phenoxy) is 2. The summed E-state index contributed by atoms with van der Waals surface area (Å²) in [4.78, 5) is 46.1. The lowest BCUT2D eigenvalue weighted by Gasteiger charge is -2.38. The van der Waals surface area contributed by atoms with Crippen molar-refractivity contribution in [3.63, 3.8) is 0 Å². The highest BCUT2D eigenvalue weighted by Gasteiger charge is 2.41. The molecule has 13 nitrogen and oxygen atoms in total. The minimum absolute atomic E-state index is 0.0792. The second-order valence-corrected chi connectivity index (χ2v) is 13.6. The molecule has 6 rings (SSSR count). The van der Waals surface area contributed by atoms with Crippen LogP contribution in [0.25, 0.3) is 0 Å². The zero-order chi connectivity index (χ0) is 33.3. The number of piperidine rings is 1. The van der Waals surface area contributed by atoms with E-state index >= 15 is 4.39 Å². The second-order valence-electron chi connectivity index (χ2n) is 13.6. The Balaban J connectivity index is 1.14. The first kappa shape index (κ1) is 32.6. The molecule has 2 saturated heterocycles. The predicted octanol–water partition coefficient (Wildman–Crippen LogP) is 4.22. The van der Waals surface area contributed by atoms with Crippen LogP contribution in [0.15, 0.2) is 35.1 Å². The molecule has 2 aromatic heterocycles. The van der Waals surface area contributed by atoms with Crippen molar-refractivity contribution in [2.24, 2.45) is 0 Å². The van der Waals surface area contributed by atoms with Gasteiger partial charge in [0.15, 0.2) is 5.82 Å². The Morgan fingerprint density at radius 1 is 1.06 bits per heavy atom. The molecule has 2 aliphatic heterocycles. The van der Waals surface area contributed by atoms with Crippen LogP contribution in [-0.2, 0) is 16.1 Å². The predicted molar refractivity (Wildman–Crippen MR) is 171 cm³/mol. The number of aromatic nitrogens is 4. The Hall–Kier alpha value is -4.33. The lowest BCUT2D eigenvalue weighted by atomic mass is 9.92. The normalized spacial score (nSPS) is 20.4. The van der Waals surface area contributed by atoms with Gasteiger partial charge in [-0.1, -0.05) is 22.9 Å². The fourth-order valence-corrected chi connectivity index (χ4v) is 6.46. The lowest BCUT2D eigenvalue weighted by Crippen LogP contribution is -2.48. The molecule has 252 valence electrons. The van der Waals surface area contributed by atoms with Gasteiger partial charge in [0.05, 0.1) is 11.6 Å². The van der Waals surface area contributed by atoms with Gasteiger partial charge in [-0.3, -0.25) is 4.79 Å². The Morgan fingerprint density at radius 3 is 2.43 bits per heavy atom. The zero-order valence-electron chi connectivity index (χ0n) is 27.6. The van der Waals surface area contributed by atoms with Gasteiger partial charge in [0, 0.05) is 63.7 Å². The molecule has 4 heterocycles. The van der Waals surface area contributed by atoms with Crippen LogP contribution in [0.2, 0.25) is 0 Å². The van der Waals surface area contributed by atoms with Gasteiger partial charge in [-0.2, -0.15) is 4.98 Å². The second kappa shape index (κ2) is 13.4. The largest absolute Gasteiger partial charge is 0.444 e. The first-order chi connectivity index (χ1) is 22.5. The summed E-state index contributed by atoms with van der Waals surface area (Å²) in [6, 6.07) is 5.31. The number of alkyl carbamates (subject to hydrolysis) is 1. The maximum Gasteiger partial charge on any atom is 0.407 e. The van der Waals surface area contributed by atoms with Gasteiger partial charge >= 0.3 is 12.1 Å². The molecular weight excluding hydrogens is 607 g/mol. The van der Waals surface area contributed by atoms with Crippen LogP contribution in [-0.4, -0.2) is 94.0 Å². The van der Waals surface area contributed by atoms with Crippen molar-refractivity contribution in [1.29, 1.82) is 0 Å². The molecule has 3 fully saturated rings. The molecule has 2 amide bonds. The van der Waals surface area contributed by atoms with Crippen LogP contribution in [0.3, 0.4) is 0 Å². The molecule has 14 heteroatoms. The summed E-state index contributed by atoms with van der Waals surface area (Å²) in [5.41, 5.74) is 1.19. The van der Waals surface area contributed by atoms with Crippen LogP contribution in [0.5, 0.6) is 0 Å². The molecular formula is C33H43FN8O5. The van der Waals surface area contributed by atoms with Crippen LogP contribution < -0.4 is 15.1 Å². The number of anilines is 2. The van der Waals surface area contributed by atoms with Gasteiger partial charge < -0.3 is 34.0 Å². The number of hydrogen-bond donors (Lipinski definition) is 1. The quantitative estimate of drug-likeness (QED) is 0.356. The molecule has 0 spiro atoms. The lowest BCUT2D eigenvalue weighted by molar-refractivity contribution is 0.0503. The van der Waals surface area contributed by atoms with E-state index in [1.54, 1.807) is 46.3 Å². The van der Waals surface area contributed by atoms with E-state index in [2.05, 4.69) is 25.4 Å². The fraction of sp³-hybridized carbons (Fsp3) is 0.576. The van der Waals surface area contributed by atoms with E-state index < -0.39 is 17.7 Å². The van der Waals surface area contributed by atoms with Crippen LogP contribution in [0.1, 0.15) is 79.7 Å². The number of carbonyl (C=O) groups is 2. The van der Waals surface area contributed by atoms with Gasteiger partial charge in [-0.25, -0.2) is 19.2 Å². The number of benzene rings is 1. The third kappa shape index (κ3) is 7.64. The smallest absolute Gasteiger partial charge is 0.407 e. The van der Waals surface area contributed by atoms with Crippen molar-refractivity contribution < 1.29 is 28.0 Å². The summed E-state index contributed by atoms with van der Waals surface area (Å²) in [5.74, 6) is 0.140. The highest BCUT2D eigenvalue weighted by molar-refractivity contribution is 5.94. The van der Waals surface area contributed by atoms with E-state index in [9.17, 15) is 9.59 Å². The van der Waals surface area contributed by atoms with Crippen molar-refractivity contribution in [2.45, 2.75) is 89.6 Å². The first-order valence-corrected chi connectivity index (χ1v) is 16.2. The van der Waals surface area contributed by atoms with Gasteiger partial charge in [-0.15, -0.1) is 0 Å². The molecule has 3 aliphatic rings. The van der Waals surface area contributed by atoms with Crippen molar-refractivity contribution in [1.82, 2.24) is 30.3 Å². The molecule has 1 saturated carbocycles. The maximum atomic E-state index is 15.1. The molecule has 2 unspecified atom stereocenters. The Bertz CT molecular complexity index is 1570. The minimum Gasteiger partial charge on any atom is -0.444 e. The number of amides is 2. The van der Waals surface area contributed by atoms with Crippen LogP contribution in [0, 0.1) is 12.7 Å². The molecule has 1 aromatic carbocycles. The molecule has 1 N–H and O–H groups in total. The summed E-state index contributed by atoms with van der Waals surface area (Å²) in [6.07, 6.45) is 6.09. The average molecular weight is 651 g/mol. The van der Waals surface area contributed by atoms with Crippen molar-refractivity contribution in [2.75, 3.05) is 43.1 Å². The van der Waals surface area contributed by atoms with Gasteiger partial charge in [-0.05, 0) is 65.0 Å². The van der Waals surface area contributed by atoms with E-state index in [0.717, 1.165) is 31.2 Å². The third-order valence-electron chi connectivity index (χ3n) is 8.77. The van der Waals surface area contributed by atoms with E-state index in [1.165, 1.54) is 6.07 Å². The number of rotatable bonds is 9. The molecule has 2 atom stereocenters. The van der Waals surface area contributed by atoms with Crippen LogP contribution >= 0.6 is 0 Å². The highest BCUT2D eigenvalue weighted by Crippen LogP contribution is 2.35. The third-order valence-corrected chi connectivity index (χ3v) is 8.77. The number of nitrogens with one attached hydrogen (secondary N) is 1. The molecule has 1 aliphatic carbocycles. The summed E-state index contributed by atoms with van der Waals surface area (Å²) < 4.78 is 31.1. The number of hydrogen-bond acceptors (Lipinski definition) is 11. The first-order valence-electron chi connectivity index (χ1n) is 16.2. The van der Waals surface area contributed by atoms with Crippen molar-refractivity contribution in [3.8, 4) is 0 Å². The standard InChI is InChI=1S/C33H43FN8O5/c1-20-6-9-26(34)24(14-20)25-17-41(18-27(25)37-32(44)46-33(2,3)4)30-35-15-21(16-36-30)29(43)42(22-7-8-22)23-10-12-40(13-11-23)31-38-28(19-45-5)39-47-31/h6,9,14-16,22-23,25,27H,7-8,10-13,17-19H2,1-5H3,(H,37,44). The van der Waals surface area contributed by atoms with Crippen molar-refractivity contribution >= 4 is 24.0 Å². The Morgan fingerprint density at radius 2 is 1.77 bits per heavy atom. The number of halogens is 1. The molecule has 0 radical (unpaired) electrons. The Kier molecular flexibility index (Phi) is 9.31. The molecule has 0 bridgehead atoms. The number of nitrogens with zero attached hydrogens (tertiary/aromatic N) is 7. The van der Waals surface area contributed by atoms with E-state index in [0.29, 0.717) is 55.1 Å². The van der Waals surface area contributed by atoms with E-state index in [-0.39, 0.29) is 36.3 Å². The summed E-state index contributed by atoms with van der Waals surface area (Å²) in [7, 11) is 1.59. The Labute approximate surface area is 273 Å². The number of aryl methyl sites for hydroxylation is 1. The van der Waals surface area contributed by atoms with Gasteiger partial charge in [0.1, 0.15) is 18.0 Å².